The first-order chi connectivity index (χ1) is 13.2. The van der Waals surface area contributed by atoms with Crippen molar-refractivity contribution in [1.82, 2.24) is 10.6 Å². The molecule has 0 aromatic heterocycles. The molecule has 0 aliphatic carbocycles. The van der Waals surface area contributed by atoms with Crippen molar-refractivity contribution < 1.29 is 42.4 Å². The summed E-state index contributed by atoms with van der Waals surface area (Å²) in [6.07, 6.45) is -0.695. The van der Waals surface area contributed by atoms with E-state index in [4.69, 9.17) is 20.5 Å². The highest BCUT2D eigenvalue weighted by molar-refractivity contribution is 7.85. The molecule has 0 unspecified atom stereocenters. The summed E-state index contributed by atoms with van der Waals surface area (Å²) in [4.78, 5) is 46.7. The second kappa shape index (κ2) is 11.9. The van der Waals surface area contributed by atoms with Gasteiger partial charge in [-0.25, -0.2) is 4.79 Å². The molecule has 0 bridgehead atoms. The fourth-order valence-electron chi connectivity index (χ4n) is 2.21. The van der Waals surface area contributed by atoms with Crippen molar-refractivity contribution in [3.63, 3.8) is 0 Å². The molecule has 0 saturated carbocycles. The minimum Gasteiger partial charge on any atom is -0.481 e. The van der Waals surface area contributed by atoms with E-state index in [-0.39, 0.29) is 6.42 Å². The van der Waals surface area contributed by atoms with Crippen LogP contribution in [0.3, 0.4) is 0 Å². The molecule has 0 aromatic carbocycles. The zero-order valence-corrected chi connectivity index (χ0v) is 17.7. The molecular weight excluding hydrogens is 430 g/mol. The zero-order valence-electron chi connectivity index (χ0n) is 15.9. The normalized spacial score (nSPS) is 16.7. The van der Waals surface area contributed by atoms with Crippen molar-refractivity contribution >= 4 is 46.5 Å². The average molecular weight is 458 g/mol. The number of amides is 2. The Balaban J connectivity index is 5.22. The third kappa shape index (κ3) is 10.4. The molecule has 0 aromatic rings. The molecule has 7 N–H and O–H groups in total. The van der Waals surface area contributed by atoms with Crippen LogP contribution in [-0.4, -0.2) is 76.1 Å². The molecule has 0 aliphatic rings. The lowest BCUT2D eigenvalue weighted by Gasteiger charge is -2.27. The first kappa shape index (κ1) is 27.1. The van der Waals surface area contributed by atoms with Gasteiger partial charge >= 0.3 is 11.9 Å². The monoisotopic (exact) mass is 457 g/mol. The van der Waals surface area contributed by atoms with Crippen molar-refractivity contribution in [2.75, 3.05) is 5.75 Å². The van der Waals surface area contributed by atoms with E-state index in [0.29, 0.717) is 6.42 Å². The van der Waals surface area contributed by atoms with Gasteiger partial charge in [0.15, 0.2) is 0 Å². The van der Waals surface area contributed by atoms with Gasteiger partial charge in [0, 0.05) is 6.04 Å². The highest BCUT2D eigenvalue weighted by Crippen LogP contribution is 2.12. The summed E-state index contributed by atoms with van der Waals surface area (Å²) < 4.78 is 30.3. The first-order valence-electron chi connectivity index (χ1n) is 8.63. The number of nitrogens with two attached hydrogens (primary N) is 1. The minimum absolute atomic E-state index is 0.264. The zero-order chi connectivity index (χ0) is 22.9. The largest absolute Gasteiger partial charge is 0.481 e. The molecule has 0 heterocycles. The number of hydrogen-bond donors (Lipinski definition) is 7. The number of hydrogen-bond acceptors (Lipinski definition) is 8. The molecular formula is C15H27N3O9S2. The number of nitrogens with one attached hydrogen (secondary N) is 2. The topological polar surface area (TPSA) is 213 Å². The van der Waals surface area contributed by atoms with E-state index in [1.54, 1.807) is 13.8 Å². The number of carbonyl (C=O) groups is 4. The van der Waals surface area contributed by atoms with Gasteiger partial charge in [0.25, 0.3) is 10.1 Å². The third-order valence-corrected chi connectivity index (χ3v) is 5.54. The lowest BCUT2D eigenvalue weighted by atomic mass is 9.97. The van der Waals surface area contributed by atoms with Crippen LogP contribution in [0, 0.1) is 5.92 Å². The smallest absolute Gasteiger partial charge is 0.326 e. The van der Waals surface area contributed by atoms with Crippen molar-refractivity contribution in [1.29, 1.82) is 0 Å². The lowest BCUT2D eigenvalue weighted by molar-refractivity contribution is -0.147. The molecule has 2 amide bonds. The SMILES string of the molecule is CC[C@H](C)[C@H](NC(=O)[C@H](S)[C@H](N)CCS(=O)(=O)O)C(=O)N[C@H](CC(=O)O)C(=O)O. The van der Waals surface area contributed by atoms with Crippen LogP contribution in [0.5, 0.6) is 0 Å². The van der Waals surface area contributed by atoms with Crippen molar-refractivity contribution in [2.24, 2.45) is 11.7 Å². The van der Waals surface area contributed by atoms with E-state index >= 15 is 0 Å². The van der Waals surface area contributed by atoms with Crippen LogP contribution in [0.4, 0.5) is 0 Å². The highest BCUT2D eigenvalue weighted by atomic mass is 32.2. The Bertz CT molecular complexity index is 714. The van der Waals surface area contributed by atoms with Crippen molar-refractivity contribution in [3.8, 4) is 0 Å². The van der Waals surface area contributed by atoms with Gasteiger partial charge in [0.2, 0.25) is 11.8 Å². The van der Waals surface area contributed by atoms with Gasteiger partial charge in [-0.05, 0) is 12.3 Å². The van der Waals surface area contributed by atoms with Gasteiger partial charge < -0.3 is 26.6 Å². The van der Waals surface area contributed by atoms with E-state index in [9.17, 15) is 27.6 Å². The van der Waals surface area contributed by atoms with Crippen LogP contribution in [-0.2, 0) is 29.3 Å². The second-order valence-corrected chi connectivity index (χ2v) is 8.68. The number of carbonyl (C=O) groups excluding carboxylic acids is 2. The Hall–Kier alpha value is -1.90. The van der Waals surface area contributed by atoms with Crippen LogP contribution in [0.25, 0.3) is 0 Å². The number of aliphatic carboxylic acids is 2. The summed E-state index contributed by atoms with van der Waals surface area (Å²) in [5.74, 6) is -5.80. The summed E-state index contributed by atoms with van der Waals surface area (Å²) in [5.41, 5.74) is 5.70. The van der Waals surface area contributed by atoms with Gasteiger partial charge in [-0.3, -0.25) is 18.9 Å². The van der Waals surface area contributed by atoms with Crippen LogP contribution >= 0.6 is 12.6 Å². The van der Waals surface area contributed by atoms with Gasteiger partial charge in [-0.1, -0.05) is 20.3 Å². The average Bonchev–Trinajstić information content (AvgIpc) is 2.60. The summed E-state index contributed by atoms with van der Waals surface area (Å²) >= 11 is 4.02. The van der Waals surface area contributed by atoms with Crippen molar-refractivity contribution in [2.45, 2.75) is 56.5 Å². The van der Waals surface area contributed by atoms with Crippen LogP contribution in [0.15, 0.2) is 0 Å². The minimum atomic E-state index is -4.28. The molecule has 0 rings (SSSR count). The van der Waals surface area contributed by atoms with Crippen molar-refractivity contribution in [3.05, 3.63) is 0 Å². The van der Waals surface area contributed by atoms with Gasteiger partial charge in [0.1, 0.15) is 12.1 Å². The summed E-state index contributed by atoms with van der Waals surface area (Å²) in [7, 11) is -4.28. The Morgan fingerprint density at radius 2 is 1.66 bits per heavy atom. The first-order valence-corrected chi connectivity index (χ1v) is 10.8. The molecule has 0 aliphatic heterocycles. The highest BCUT2D eigenvalue weighted by Gasteiger charge is 2.33. The van der Waals surface area contributed by atoms with Gasteiger partial charge in [-0.15, -0.1) is 0 Å². The van der Waals surface area contributed by atoms with Gasteiger partial charge in [-0.2, -0.15) is 21.0 Å². The van der Waals surface area contributed by atoms with Crippen LogP contribution < -0.4 is 16.4 Å². The maximum absolute atomic E-state index is 12.5. The number of rotatable bonds is 13. The predicted octanol–water partition coefficient (Wildman–Crippen LogP) is -1.53. The Kier molecular flexibility index (Phi) is 11.2. The summed E-state index contributed by atoms with van der Waals surface area (Å²) in [5, 5.41) is 21.1. The number of carboxylic acid groups (broad SMARTS) is 2. The van der Waals surface area contributed by atoms with E-state index in [2.05, 4.69) is 23.3 Å². The number of carboxylic acids is 2. The van der Waals surface area contributed by atoms with E-state index in [0.717, 1.165) is 0 Å². The van der Waals surface area contributed by atoms with Crippen LogP contribution in [0.2, 0.25) is 0 Å². The van der Waals surface area contributed by atoms with Crippen LogP contribution in [0.1, 0.15) is 33.1 Å². The Morgan fingerprint density at radius 3 is 2.07 bits per heavy atom. The molecule has 12 nitrogen and oxygen atoms in total. The fraction of sp³-hybridized carbons (Fsp3) is 0.733. The molecule has 14 heteroatoms. The molecule has 0 radical (unpaired) electrons. The molecule has 0 fully saturated rings. The quantitative estimate of drug-likeness (QED) is 0.125. The van der Waals surface area contributed by atoms with E-state index in [1.165, 1.54) is 0 Å². The molecule has 168 valence electrons. The summed E-state index contributed by atoms with van der Waals surface area (Å²) in [6, 6.07) is -3.95. The maximum Gasteiger partial charge on any atom is 0.326 e. The second-order valence-electron chi connectivity index (χ2n) is 6.55. The predicted molar refractivity (Wildman–Crippen MR) is 105 cm³/mol. The lowest BCUT2D eigenvalue weighted by Crippen LogP contribution is -2.57. The molecule has 29 heavy (non-hydrogen) atoms. The molecule has 0 saturated heterocycles. The molecule has 5 atom stereocenters. The summed E-state index contributed by atoms with van der Waals surface area (Å²) in [6.45, 7) is 3.34. The Labute approximate surface area is 173 Å². The standard InChI is InChI=1S/C15H27N3O9S2/c1-3-7(2)11(13(21)17-9(15(23)24)6-10(19)20)18-14(22)12(28)8(16)4-5-29(25,26)27/h7-9,11-12,28H,3-6,16H2,1-2H3,(H,17,21)(H,18,22)(H,19,20)(H,23,24)(H,25,26,27)/t7-,8+,9+,11-,12+/m0/s1. The maximum atomic E-state index is 12.5. The molecule has 0 spiro atoms. The van der Waals surface area contributed by atoms with Gasteiger partial charge in [0.05, 0.1) is 17.4 Å². The third-order valence-electron chi connectivity index (χ3n) is 4.17. The van der Waals surface area contributed by atoms with E-state index < -0.39 is 75.3 Å². The Morgan fingerprint density at radius 1 is 1.10 bits per heavy atom. The number of thiol groups is 1. The fourth-order valence-corrected chi connectivity index (χ4v) is 3.01. The van der Waals surface area contributed by atoms with E-state index in [1.807, 2.05) is 0 Å².